The number of hydrogen-bond acceptors (Lipinski definition) is 3. The number of ether oxygens (including phenoxy) is 1. The molecule has 0 unspecified atom stereocenters. The molecule has 5 nitrogen and oxygen atoms in total. The Balaban J connectivity index is 2.05. The lowest BCUT2D eigenvalue weighted by molar-refractivity contribution is 0.0792. The molecule has 0 aliphatic rings. The third-order valence-electron chi connectivity index (χ3n) is 2.49. The summed E-state index contributed by atoms with van der Waals surface area (Å²) in [6, 6.07) is 4.71. The summed E-state index contributed by atoms with van der Waals surface area (Å²) in [6.45, 7) is 2.84. The van der Waals surface area contributed by atoms with E-state index in [9.17, 15) is 4.79 Å². The molecule has 7 heteroatoms. The van der Waals surface area contributed by atoms with E-state index in [1.54, 1.807) is 29.2 Å². The van der Waals surface area contributed by atoms with Crippen molar-refractivity contribution in [1.82, 2.24) is 9.78 Å². The van der Waals surface area contributed by atoms with Crippen molar-refractivity contribution in [2.24, 2.45) is 0 Å². The van der Waals surface area contributed by atoms with E-state index in [2.05, 4.69) is 10.4 Å². The summed E-state index contributed by atoms with van der Waals surface area (Å²) < 4.78 is 6.79. The van der Waals surface area contributed by atoms with Crippen molar-refractivity contribution >= 4 is 34.8 Å². The number of benzene rings is 1. The van der Waals surface area contributed by atoms with Crippen LogP contribution in [0.5, 0.6) is 0 Å². The molecule has 1 aromatic heterocycles. The highest BCUT2D eigenvalue weighted by Crippen LogP contribution is 2.21. The third-order valence-corrected chi connectivity index (χ3v) is 3.04. The zero-order chi connectivity index (χ0) is 14.5. The van der Waals surface area contributed by atoms with Crippen molar-refractivity contribution in [2.45, 2.75) is 13.7 Å². The second-order valence-corrected chi connectivity index (χ2v) is 4.81. The van der Waals surface area contributed by atoms with Crippen molar-refractivity contribution in [3.8, 4) is 0 Å². The summed E-state index contributed by atoms with van der Waals surface area (Å²) in [6.07, 6.45) is 3.22. The number of carbonyl (C=O) groups is 1. The number of aromatic nitrogens is 2. The Morgan fingerprint density at radius 1 is 1.45 bits per heavy atom. The molecule has 0 saturated carbocycles. The SMILES string of the molecule is CCOCn1cc(NC(=O)c2ccc(Cl)cc2Cl)cn1. The van der Waals surface area contributed by atoms with Crippen molar-refractivity contribution in [1.29, 1.82) is 0 Å². The third kappa shape index (κ3) is 3.72. The van der Waals surface area contributed by atoms with Crippen LogP contribution >= 0.6 is 23.2 Å². The molecule has 0 fully saturated rings. The molecule has 0 aliphatic carbocycles. The maximum absolute atomic E-state index is 12.1. The Bertz CT molecular complexity index is 613. The van der Waals surface area contributed by atoms with Gasteiger partial charge < -0.3 is 10.1 Å². The van der Waals surface area contributed by atoms with Crippen molar-refractivity contribution in [2.75, 3.05) is 11.9 Å². The molecule has 20 heavy (non-hydrogen) atoms. The van der Waals surface area contributed by atoms with Gasteiger partial charge in [-0.15, -0.1) is 0 Å². The number of rotatable bonds is 5. The van der Waals surface area contributed by atoms with Crippen LogP contribution in [-0.2, 0) is 11.5 Å². The van der Waals surface area contributed by atoms with Crippen LogP contribution in [-0.4, -0.2) is 22.3 Å². The highest BCUT2D eigenvalue weighted by atomic mass is 35.5. The fourth-order valence-corrected chi connectivity index (χ4v) is 2.05. The highest BCUT2D eigenvalue weighted by Gasteiger charge is 2.11. The monoisotopic (exact) mass is 313 g/mol. The fourth-order valence-electron chi connectivity index (χ4n) is 1.56. The number of nitrogens with zero attached hydrogens (tertiary/aromatic N) is 2. The summed E-state index contributed by atoms with van der Waals surface area (Å²) in [5.41, 5.74) is 0.925. The molecule has 0 aliphatic heterocycles. The van der Waals surface area contributed by atoms with Gasteiger partial charge in [0.25, 0.3) is 5.91 Å². The molecule has 1 N–H and O–H groups in total. The van der Waals surface area contributed by atoms with Crippen molar-refractivity contribution in [3.05, 3.63) is 46.2 Å². The number of amides is 1. The summed E-state index contributed by atoms with van der Waals surface area (Å²) >= 11 is 11.8. The zero-order valence-corrected chi connectivity index (χ0v) is 12.3. The van der Waals surface area contributed by atoms with Gasteiger partial charge in [-0.1, -0.05) is 23.2 Å². The van der Waals surface area contributed by atoms with Crippen molar-refractivity contribution < 1.29 is 9.53 Å². The van der Waals surface area contributed by atoms with Gasteiger partial charge in [0.1, 0.15) is 6.73 Å². The molecule has 1 heterocycles. The van der Waals surface area contributed by atoms with Crippen LogP contribution < -0.4 is 5.32 Å². The molecule has 1 aromatic carbocycles. The van der Waals surface area contributed by atoms with Crippen LogP contribution in [0, 0.1) is 0 Å². The van der Waals surface area contributed by atoms with Gasteiger partial charge in [-0.05, 0) is 25.1 Å². The first-order valence-electron chi connectivity index (χ1n) is 5.96. The van der Waals surface area contributed by atoms with E-state index in [4.69, 9.17) is 27.9 Å². The summed E-state index contributed by atoms with van der Waals surface area (Å²) in [7, 11) is 0. The van der Waals surface area contributed by atoms with Crippen LogP contribution in [0.4, 0.5) is 5.69 Å². The second-order valence-electron chi connectivity index (χ2n) is 3.97. The van der Waals surface area contributed by atoms with E-state index in [-0.39, 0.29) is 5.91 Å². The molecule has 0 bridgehead atoms. The van der Waals surface area contributed by atoms with Gasteiger partial charge in [0, 0.05) is 11.6 Å². The molecule has 1 amide bonds. The van der Waals surface area contributed by atoms with Crippen LogP contribution in [0.15, 0.2) is 30.6 Å². The largest absolute Gasteiger partial charge is 0.360 e. The number of anilines is 1. The quantitative estimate of drug-likeness (QED) is 0.920. The maximum Gasteiger partial charge on any atom is 0.257 e. The Morgan fingerprint density at radius 2 is 2.25 bits per heavy atom. The Labute approximate surface area is 126 Å². The van der Waals surface area contributed by atoms with Gasteiger partial charge >= 0.3 is 0 Å². The van der Waals surface area contributed by atoms with Gasteiger partial charge in [0.05, 0.1) is 28.7 Å². The summed E-state index contributed by atoms with van der Waals surface area (Å²) in [4.78, 5) is 12.1. The zero-order valence-electron chi connectivity index (χ0n) is 10.8. The average molecular weight is 314 g/mol. The van der Waals surface area contributed by atoms with Gasteiger partial charge in [0.15, 0.2) is 0 Å². The predicted molar refractivity (Wildman–Crippen MR) is 78.3 cm³/mol. The molecule has 0 atom stereocenters. The minimum atomic E-state index is -0.317. The predicted octanol–water partition coefficient (Wildman–Crippen LogP) is 3.44. The van der Waals surface area contributed by atoms with E-state index in [0.29, 0.717) is 34.6 Å². The molecular weight excluding hydrogens is 301 g/mol. The van der Waals surface area contributed by atoms with Crippen LogP contribution in [0.3, 0.4) is 0 Å². The number of carbonyl (C=O) groups excluding carboxylic acids is 1. The Morgan fingerprint density at radius 3 is 2.95 bits per heavy atom. The lowest BCUT2D eigenvalue weighted by atomic mass is 10.2. The van der Waals surface area contributed by atoms with Gasteiger partial charge in [-0.3, -0.25) is 4.79 Å². The Hall–Kier alpha value is -1.56. The van der Waals surface area contributed by atoms with E-state index in [1.807, 2.05) is 6.92 Å². The number of hydrogen-bond donors (Lipinski definition) is 1. The number of halogens is 2. The van der Waals surface area contributed by atoms with Crippen molar-refractivity contribution in [3.63, 3.8) is 0 Å². The van der Waals surface area contributed by atoms with Gasteiger partial charge in [0.2, 0.25) is 0 Å². The lowest BCUT2D eigenvalue weighted by Gasteiger charge is -2.05. The average Bonchev–Trinajstić information content (AvgIpc) is 2.83. The lowest BCUT2D eigenvalue weighted by Crippen LogP contribution is -2.12. The summed E-state index contributed by atoms with van der Waals surface area (Å²) in [5, 5.41) is 7.55. The maximum atomic E-state index is 12.1. The summed E-state index contributed by atoms with van der Waals surface area (Å²) in [5.74, 6) is -0.317. The normalized spacial score (nSPS) is 10.6. The molecule has 0 radical (unpaired) electrons. The molecular formula is C13H13Cl2N3O2. The second kappa shape index (κ2) is 6.74. The smallest absolute Gasteiger partial charge is 0.257 e. The fraction of sp³-hybridized carbons (Fsp3) is 0.231. The topological polar surface area (TPSA) is 56.1 Å². The highest BCUT2D eigenvalue weighted by molar-refractivity contribution is 6.37. The van der Waals surface area contributed by atoms with Crippen LogP contribution in [0.1, 0.15) is 17.3 Å². The van der Waals surface area contributed by atoms with E-state index >= 15 is 0 Å². The van der Waals surface area contributed by atoms with Crippen LogP contribution in [0.25, 0.3) is 0 Å². The van der Waals surface area contributed by atoms with E-state index in [1.165, 1.54) is 6.07 Å². The molecule has 2 aromatic rings. The van der Waals surface area contributed by atoms with Gasteiger partial charge in [-0.2, -0.15) is 5.10 Å². The van der Waals surface area contributed by atoms with Gasteiger partial charge in [-0.25, -0.2) is 4.68 Å². The first-order valence-corrected chi connectivity index (χ1v) is 6.72. The van der Waals surface area contributed by atoms with E-state index in [0.717, 1.165) is 0 Å². The Kier molecular flexibility index (Phi) is 5.00. The first-order chi connectivity index (χ1) is 9.60. The molecule has 0 spiro atoms. The number of nitrogens with one attached hydrogen (secondary N) is 1. The molecule has 106 valence electrons. The minimum absolute atomic E-state index is 0.303. The molecule has 2 rings (SSSR count). The standard InChI is InChI=1S/C13H13Cl2N3O2/c1-2-20-8-18-7-10(6-16-18)17-13(19)11-4-3-9(14)5-12(11)15/h3-7H,2,8H2,1H3,(H,17,19). The van der Waals surface area contributed by atoms with Crippen LogP contribution in [0.2, 0.25) is 10.0 Å². The minimum Gasteiger partial charge on any atom is -0.360 e. The van der Waals surface area contributed by atoms with E-state index < -0.39 is 0 Å². The molecule has 0 saturated heterocycles. The first kappa shape index (κ1) is 14.8.